The molecule has 0 radical (unpaired) electrons. The molecule has 0 unspecified atom stereocenters. The Morgan fingerprint density at radius 1 is 0.449 bits per heavy atom. The molecule has 4 aliphatic rings. The average Bonchev–Trinajstić information content (AvgIpc) is 4.21. The minimum absolute atomic E-state index is 0.0389. The van der Waals surface area contributed by atoms with Crippen molar-refractivity contribution in [3.63, 3.8) is 0 Å². The third-order valence-corrected chi connectivity index (χ3v) is 18.3. The van der Waals surface area contributed by atoms with Crippen LogP contribution < -0.4 is 0 Å². The van der Waals surface area contributed by atoms with Crippen LogP contribution in [0.2, 0.25) is 25.7 Å². The summed E-state index contributed by atoms with van der Waals surface area (Å²) in [5.74, 6) is -1.21. The van der Waals surface area contributed by atoms with Crippen LogP contribution in [0, 0.1) is 47.3 Å². The van der Waals surface area contributed by atoms with Gasteiger partial charge in [-0.15, -0.1) is 0 Å². The van der Waals surface area contributed by atoms with Gasteiger partial charge in [-0.25, -0.2) is 0 Å². The second kappa shape index (κ2) is 32.1. The molecule has 0 aliphatic carbocycles. The fourth-order valence-electron chi connectivity index (χ4n) is 12.0. The molecule has 13 nitrogen and oxygen atoms in total. The molecule has 5 rings (SSSR count). The Hall–Kier alpha value is -2.88. The molecular weight excluding hydrogens is 1000 g/mol. The van der Waals surface area contributed by atoms with E-state index in [1.807, 2.05) is 45.9 Å². The van der Waals surface area contributed by atoms with Crippen molar-refractivity contribution in [2.24, 2.45) is 47.3 Å². The quantitative estimate of drug-likeness (QED) is 0.0373. The number of carbonyl (C=O) groups is 4. The lowest BCUT2D eigenvalue weighted by Gasteiger charge is -2.28. The van der Waals surface area contributed by atoms with Crippen molar-refractivity contribution in [1.82, 2.24) is 0 Å². The summed E-state index contributed by atoms with van der Waals surface area (Å²) in [6.45, 7) is 32.7. The van der Waals surface area contributed by atoms with E-state index in [9.17, 15) is 19.2 Å². The van der Waals surface area contributed by atoms with Crippen LogP contribution in [0.3, 0.4) is 0 Å². The molecule has 16 atom stereocenters. The van der Waals surface area contributed by atoms with Crippen LogP contribution >= 0.6 is 0 Å². The van der Waals surface area contributed by atoms with Gasteiger partial charge in [-0.3, -0.25) is 19.2 Å². The molecule has 4 heterocycles. The van der Waals surface area contributed by atoms with Crippen molar-refractivity contribution in [3.05, 3.63) is 35.9 Å². The molecule has 0 saturated carbocycles. The highest BCUT2D eigenvalue weighted by molar-refractivity contribution is 6.76. The minimum Gasteiger partial charge on any atom is -0.466 e. The summed E-state index contributed by atoms with van der Waals surface area (Å²) in [6.07, 6.45) is 9.67. The number of hydrogen-bond donors (Lipinski definition) is 0. The van der Waals surface area contributed by atoms with Gasteiger partial charge in [0.15, 0.2) is 0 Å². The Balaban J connectivity index is 1.06. The summed E-state index contributed by atoms with van der Waals surface area (Å²) in [4.78, 5) is 54.4. The zero-order valence-corrected chi connectivity index (χ0v) is 52.2. The molecule has 14 heteroatoms. The van der Waals surface area contributed by atoms with E-state index in [2.05, 4.69) is 87.2 Å². The van der Waals surface area contributed by atoms with E-state index in [1.54, 1.807) is 0 Å². The SMILES string of the molecule is CC(C)C[C@@H](C[C@@H]1CC[C@H]([C@@H](C)C(=O)O[C@H](CC(C)C)C[C@H]2CC[C@@H]([C@H](C)C(=O)O[C@@H](CC(C)C)C[C@@H]3CC[C@H]([C@@H](C)C(=O)O[C@H](CC(C)C)C[C@H]4CC[C@@H]([C@H](C)C(=O)OCC[Si](C)(C)C)O4)O3)O2)O1)OCc1ccccc1. The molecule has 1 aromatic rings. The largest absolute Gasteiger partial charge is 0.466 e. The molecule has 1 aromatic carbocycles. The van der Waals surface area contributed by atoms with E-state index in [4.69, 9.17) is 42.6 Å². The van der Waals surface area contributed by atoms with Crippen molar-refractivity contribution in [3.8, 4) is 0 Å². The Morgan fingerprint density at radius 3 is 1.08 bits per heavy atom. The third-order valence-electron chi connectivity index (χ3n) is 16.6. The molecule has 4 saturated heterocycles. The zero-order chi connectivity index (χ0) is 57.3. The lowest BCUT2D eigenvalue weighted by atomic mass is 9.97. The van der Waals surface area contributed by atoms with E-state index < -0.39 is 25.8 Å². The fraction of sp³-hybridized carbons (Fsp3) is 0.844. The van der Waals surface area contributed by atoms with Gasteiger partial charge in [0.1, 0.15) is 18.3 Å². The summed E-state index contributed by atoms with van der Waals surface area (Å²) < 4.78 is 57.0. The first-order chi connectivity index (χ1) is 36.8. The molecule has 0 aromatic heterocycles. The maximum Gasteiger partial charge on any atom is 0.311 e. The highest BCUT2D eigenvalue weighted by atomic mass is 28.3. The van der Waals surface area contributed by atoms with Gasteiger partial charge in [-0.2, -0.15) is 0 Å². The standard InChI is InChI=1S/C64H108O13Si/c1-40(2)31-53(70-39-48-19-17-16-18-20-48)35-49-21-26-58(71-49)45(10)62(66)76-55(33-42(5)6)37-51-23-28-60(73-51)47(12)64(68)77-56(34-43(7)8)38-52-24-27-59(74-52)46(11)63(67)75-54(32-41(3)4)36-50-22-25-57(72-50)44(9)61(65)69-29-30-78(13,14)15/h16-20,40-47,49-60H,21-39H2,1-15H3/t44-,45+,46+,47-,49-,50+,51+,52-,53-,54+,55+,56-,57-,58+,59+,60-/m0/s1. The molecule has 0 amide bonds. The van der Waals surface area contributed by atoms with Gasteiger partial charge < -0.3 is 42.6 Å². The van der Waals surface area contributed by atoms with Gasteiger partial charge in [-0.05, 0) is 146 Å². The topological polar surface area (TPSA) is 151 Å². The van der Waals surface area contributed by atoms with Gasteiger partial charge >= 0.3 is 23.9 Å². The molecular formula is C64H108O13Si. The van der Waals surface area contributed by atoms with Gasteiger partial charge in [0.25, 0.3) is 0 Å². The van der Waals surface area contributed by atoms with Gasteiger partial charge in [0.05, 0.1) is 91.8 Å². The van der Waals surface area contributed by atoms with Crippen molar-refractivity contribution in [1.29, 1.82) is 0 Å². The smallest absolute Gasteiger partial charge is 0.311 e. The Morgan fingerprint density at radius 2 is 0.756 bits per heavy atom. The van der Waals surface area contributed by atoms with Crippen LogP contribution in [-0.2, 0) is 68.4 Å². The van der Waals surface area contributed by atoms with E-state index in [0.29, 0.717) is 62.6 Å². The predicted molar refractivity (Wildman–Crippen MR) is 308 cm³/mol. The first-order valence-electron chi connectivity index (χ1n) is 30.9. The normalized spacial score (nSPS) is 26.9. The second-order valence-corrected chi connectivity index (χ2v) is 32.8. The Kier molecular flexibility index (Phi) is 27.1. The highest BCUT2D eigenvalue weighted by Gasteiger charge is 2.42. The summed E-state index contributed by atoms with van der Waals surface area (Å²) in [6, 6.07) is 11.2. The van der Waals surface area contributed by atoms with Crippen LogP contribution in [0.4, 0.5) is 0 Å². The summed E-state index contributed by atoms with van der Waals surface area (Å²) in [5.41, 5.74) is 1.16. The molecule has 0 spiro atoms. The van der Waals surface area contributed by atoms with E-state index in [1.165, 1.54) is 0 Å². The summed E-state index contributed by atoms with van der Waals surface area (Å²) >= 11 is 0. The van der Waals surface area contributed by atoms with E-state index in [0.717, 1.165) is 88.7 Å². The second-order valence-electron chi connectivity index (χ2n) is 27.2. The summed E-state index contributed by atoms with van der Waals surface area (Å²) in [7, 11) is -1.31. The number of esters is 4. The molecule has 446 valence electrons. The van der Waals surface area contributed by atoms with E-state index in [-0.39, 0.29) is 103 Å². The monoisotopic (exact) mass is 1110 g/mol. The van der Waals surface area contributed by atoms with Crippen LogP contribution in [0.25, 0.3) is 0 Å². The van der Waals surface area contributed by atoms with Gasteiger partial charge in [-0.1, -0.05) is 105 Å². The zero-order valence-electron chi connectivity index (χ0n) is 51.2. The Labute approximate surface area is 473 Å². The molecule has 4 aliphatic heterocycles. The van der Waals surface area contributed by atoms with Crippen LogP contribution in [0.1, 0.15) is 191 Å². The van der Waals surface area contributed by atoms with Crippen LogP contribution in [0.5, 0.6) is 0 Å². The van der Waals surface area contributed by atoms with Crippen molar-refractivity contribution >= 4 is 32.0 Å². The molecule has 0 bridgehead atoms. The van der Waals surface area contributed by atoms with Crippen molar-refractivity contribution < 1.29 is 61.8 Å². The highest BCUT2D eigenvalue weighted by Crippen LogP contribution is 2.37. The summed E-state index contributed by atoms with van der Waals surface area (Å²) in [5, 5.41) is 0. The first-order valence-corrected chi connectivity index (χ1v) is 34.6. The van der Waals surface area contributed by atoms with E-state index >= 15 is 0 Å². The lowest BCUT2D eigenvalue weighted by molar-refractivity contribution is -0.163. The van der Waals surface area contributed by atoms with Gasteiger partial charge in [0.2, 0.25) is 0 Å². The Bertz CT molecular complexity index is 1940. The number of benzene rings is 1. The average molecular weight is 1110 g/mol. The first kappa shape index (κ1) is 65.9. The number of carbonyl (C=O) groups excluding carboxylic acids is 4. The molecule has 4 fully saturated rings. The number of ether oxygens (including phenoxy) is 9. The maximum atomic E-state index is 13.9. The fourth-order valence-corrected chi connectivity index (χ4v) is 12.7. The van der Waals surface area contributed by atoms with Crippen molar-refractivity contribution in [2.45, 2.75) is 291 Å². The molecule has 0 N–H and O–H groups in total. The number of hydrogen-bond acceptors (Lipinski definition) is 13. The molecule has 78 heavy (non-hydrogen) atoms. The third kappa shape index (κ3) is 22.8. The van der Waals surface area contributed by atoms with Crippen LogP contribution in [0.15, 0.2) is 30.3 Å². The van der Waals surface area contributed by atoms with Crippen LogP contribution in [-0.4, -0.2) is 112 Å². The number of rotatable bonds is 33. The predicted octanol–water partition coefficient (Wildman–Crippen LogP) is 13.7. The lowest BCUT2D eigenvalue weighted by Crippen LogP contribution is -2.35. The minimum atomic E-state index is -1.31. The maximum absolute atomic E-state index is 13.9. The van der Waals surface area contributed by atoms with Gasteiger partial charge in [0, 0.05) is 27.3 Å². The van der Waals surface area contributed by atoms with Crippen molar-refractivity contribution in [2.75, 3.05) is 6.61 Å².